The number of nitrogens with zero attached hydrogens (tertiary/aromatic N) is 2. The fraction of sp³-hybridized carbons (Fsp3) is 0.125. The number of hydrogen-bond donors (Lipinski definition) is 1. The van der Waals surface area contributed by atoms with Crippen LogP contribution in [0.5, 0.6) is 0 Å². The highest BCUT2D eigenvalue weighted by molar-refractivity contribution is 5.24. The fourth-order valence-corrected chi connectivity index (χ4v) is 2.05. The zero-order chi connectivity index (χ0) is 14.7. The molecule has 0 amide bonds. The zero-order valence-electron chi connectivity index (χ0n) is 11.2. The molecule has 5 heteroatoms. The third kappa shape index (κ3) is 3.14. The summed E-state index contributed by atoms with van der Waals surface area (Å²) in [6.07, 6.45) is 0.477. The Kier molecular flexibility index (Phi) is 3.75. The second-order valence-corrected chi connectivity index (χ2v) is 4.74. The van der Waals surface area contributed by atoms with Crippen LogP contribution < -0.4 is 5.73 Å². The van der Waals surface area contributed by atoms with Crippen LogP contribution in [0.2, 0.25) is 0 Å². The Bertz CT molecular complexity index is 710. The summed E-state index contributed by atoms with van der Waals surface area (Å²) < 4.78 is 18.1. The molecule has 1 atom stereocenters. The summed E-state index contributed by atoms with van der Waals surface area (Å²) in [5.74, 6) is 0.639. The first-order valence-electron chi connectivity index (χ1n) is 6.60. The largest absolute Gasteiger partial charge is 0.337 e. The van der Waals surface area contributed by atoms with Gasteiger partial charge in [0.05, 0.1) is 0 Å². The molecule has 2 aromatic carbocycles. The Labute approximate surface area is 121 Å². The summed E-state index contributed by atoms with van der Waals surface area (Å²) >= 11 is 0. The topological polar surface area (TPSA) is 64.9 Å². The Morgan fingerprint density at radius 3 is 2.48 bits per heavy atom. The zero-order valence-corrected chi connectivity index (χ0v) is 11.2. The average Bonchev–Trinajstić information content (AvgIpc) is 2.98. The van der Waals surface area contributed by atoms with Crippen LogP contribution in [0, 0.1) is 5.82 Å². The third-order valence-electron chi connectivity index (χ3n) is 3.18. The Balaban J connectivity index is 1.75. The first kappa shape index (κ1) is 13.5. The van der Waals surface area contributed by atoms with Crippen LogP contribution in [-0.4, -0.2) is 10.1 Å². The highest BCUT2D eigenvalue weighted by atomic mass is 19.1. The second kappa shape index (κ2) is 5.85. The number of nitrogens with two attached hydrogens (primary N) is 1. The van der Waals surface area contributed by atoms with Crippen molar-refractivity contribution >= 4 is 0 Å². The molecule has 2 N–H and O–H groups in total. The Morgan fingerprint density at radius 1 is 1.05 bits per heavy atom. The second-order valence-electron chi connectivity index (χ2n) is 4.74. The molecule has 1 heterocycles. The minimum atomic E-state index is -0.444. The van der Waals surface area contributed by atoms with Crippen molar-refractivity contribution in [3.8, 4) is 0 Å². The van der Waals surface area contributed by atoms with Crippen molar-refractivity contribution in [1.82, 2.24) is 10.1 Å². The molecule has 0 aliphatic rings. The number of aromatic nitrogens is 2. The number of benzene rings is 2. The van der Waals surface area contributed by atoms with E-state index in [2.05, 4.69) is 10.1 Å². The van der Waals surface area contributed by atoms with Crippen LogP contribution in [-0.2, 0) is 6.42 Å². The van der Waals surface area contributed by atoms with E-state index in [0.717, 1.165) is 11.1 Å². The lowest BCUT2D eigenvalue weighted by Gasteiger charge is -2.05. The van der Waals surface area contributed by atoms with Crippen molar-refractivity contribution in [2.24, 2.45) is 5.73 Å². The van der Waals surface area contributed by atoms with Gasteiger partial charge in [-0.05, 0) is 23.3 Å². The van der Waals surface area contributed by atoms with Crippen LogP contribution in [0.3, 0.4) is 0 Å². The molecular weight excluding hydrogens is 269 g/mol. The van der Waals surface area contributed by atoms with Gasteiger partial charge >= 0.3 is 0 Å². The molecule has 21 heavy (non-hydrogen) atoms. The minimum Gasteiger partial charge on any atom is -0.337 e. The van der Waals surface area contributed by atoms with Crippen LogP contribution >= 0.6 is 0 Å². The summed E-state index contributed by atoms with van der Waals surface area (Å²) in [4.78, 5) is 4.31. The van der Waals surface area contributed by atoms with Gasteiger partial charge in [-0.15, -0.1) is 0 Å². The lowest BCUT2D eigenvalue weighted by molar-refractivity contribution is 0.363. The average molecular weight is 283 g/mol. The molecule has 0 saturated heterocycles. The van der Waals surface area contributed by atoms with Crippen molar-refractivity contribution < 1.29 is 8.91 Å². The SMILES string of the molecule is N[C@@H](c1ccccc1)c1nc(Cc2ccc(F)cc2)no1. The van der Waals surface area contributed by atoms with Crippen molar-refractivity contribution in [1.29, 1.82) is 0 Å². The molecule has 106 valence electrons. The van der Waals surface area contributed by atoms with E-state index < -0.39 is 6.04 Å². The van der Waals surface area contributed by atoms with Gasteiger partial charge in [-0.25, -0.2) is 4.39 Å². The van der Waals surface area contributed by atoms with Gasteiger partial charge in [0, 0.05) is 6.42 Å². The lowest BCUT2D eigenvalue weighted by atomic mass is 10.1. The monoisotopic (exact) mass is 283 g/mol. The van der Waals surface area contributed by atoms with E-state index in [9.17, 15) is 4.39 Å². The minimum absolute atomic E-state index is 0.265. The van der Waals surface area contributed by atoms with E-state index in [1.54, 1.807) is 12.1 Å². The molecular formula is C16H14FN3O. The van der Waals surface area contributed by atoms with E-state index in [-0.39, 0.29) is 5.82 Å². The molecule has 0 spiro atoms. The predicted octanol–water partition coefficient (Wildman–Crippen LogP) is 2.85. The molecule has 0 bridgehead atoms. The molecule has 0 radical (unpaired) electrons. The molecule has 0 aliphatic heterocycles. The Morgan fingerprint density at radius 2 is 1.76 bits per heavy atom. The number of rotatable bonds is 4. The van der Waals surface area contributed by atoms with Gasteiger partial charge in [-0.1, -0.05) is 47.6 Å². The highest BCUT2D eigenvalue weighted by Crippen LogP contribution is 2.18. The van der Waals surface area contributed by atoms with Gasteiger partial charge < -0.3 is 10.3 Å². The van der Waals surface area contributed by atoms with Crippen LogP contribution in [0.4, 0.5) is 4.39 Å². The van der Waals surface area contributed by atoms with Gasteiger partial charge in [0.2, 0.25) is 5.89 Å². The van der Waals surface area contributed by atoms with Gasteiger partial charge in [0.25, 0.3) is 0 Å². The quantitative estimate of drug-likeness (QED) is 0.799. The summed E-state index contributed by atoms with van der Waals surface area (Å²) in [5.41, 5.74) is 7.92. The predicted molar refractivity (Wildman–Crippen MR) is 76.0 cm³/mol. The Hall–Kier alpha value is -2.53. The van der Waals surface area contributed by atoms with E-state index in [4.69, 9.17) is 10.3 Å². The molecule has 0 fully saturated rings. The maximum Gasteiger partial charge on any atom is 0.248 e. The molecule has 0 saturated carbocycles. The van der Waals surface area contributed by atoms with E-state index in [1.165, 1.54) is 12.1 Å². The summed E-state index contributed by atoms with van der Waals surface area (Å²) in [7, 11) is 0. The molecule has 1 aromatic heterocycles. The van der Waals surface area contributed by atoms with Crippen molar-refractivity contribution in [3.05, 3.63) is 83.3 Å². The number of hydrogen-bond acceptors (Lipinski definition) is 4. The number of halogens is 1. The molecule has 3 aromatic rings. The van der Waals surface area contributed by atoms with Crippen molar-refractivity contribution in [2.75, 3.05) is 0 Å². The lowest BCUT2D eigenvalue weighted by Crippen LogP contribution is -2.12. The van der Waals surface area contributed by atoms with E-state index in [0.29, 0.717) is 18.1 Å². The van der Waals surface area contributed by atoms with Crippen molar-refractivity contribution in [2.45, 2.75) is 12.5 Å². The standard InChI is InChI=1S/C16H14FN3O/c17-13-8-6-11(7-9-13)10-14-19-16(21-20-14)15(18)12-4-2-1-3-5-12/h1-9,15H,10,18H2/t15-/m0/s1. The van der Waals surface area contributed by atoms with Crippen LogP contribution in [0.25, 0.3) is 0 Å². The van der Waals surface area contributed by atoms with Gasteiger partial charge in [-0.3, -0.25) is 0 Å². The summed E-state index contributed by atoms with van der Waals surface area (Å²) in [5, 5.41) is 3.92. The molecule has 3 rings (SSSR count). The van der Waals surface area contributed by atoms with Crippen molar-refractivity contribution in [3.63, 3.8) is 0 Å². The van der Waals surface area contributed by atoms with Gasteiger partial charge in [-0.2, -0.15) is 4.98 Å². The van der Waals surface area contributed by atoms with E-state index in [1.807, 2.05) is 30.3 Å². The van der Waals surface area contributed by atoms with E-state index >= 15 is 0 Å². The molecule has 0 aliphatic carbocycles. The summed E-state index contributed by atoms with van der Waals surface area (Å²) in [6.45, 7) is 0. The summed E-state index contributed by atoms with van der Waals surface area (Å²) in [6, 6.07) is 15.3. The molecule has 0 unspecified atom stereocenters. The normalized spacial score (nSPS) is 12.3. The maximum atomic E-state index is 12.9. The molecule has 4 nitrogen and oxygen atoms in total. The van der Waals surface area contributed by atoms with Gasteiger partial charge in [0.15, 0.2) is 5.82 Å². The smallest absolute Gasteiger partial charge is 0.248 e. The highest BCUT2D eigenvalue weighted by Gasteiger charge is 2.16. The van der Waals surface area contributed by atoms with Gasteiger partial charge in [0.1, 0.15) is 11.9 Å². The third-order valence-corrected chi connectivity index (χ3v) is 3.18. The maximum absolute atomic E-state index is 12.9. The van der Waals surface area contributed by atoms with Crippen LogP contribution in [0.15, 0.2) is 59.1 Å². The van der Waals surface area contributed by atoms with Crippen LogP contribution in [0.1, 0.15) is 28.9 Å². The first-order valence-corrected chi connectivity index (χ1v) is 6.60. The fourth-order valence-electron chi connectivity index (χ4n) is 2.05. The first-order chi connectivity index (χ1) is 10.2.